The Hall–Kier alpha value is -0.990. The summed E-state index contributed by atoms with van der Waals surface area (Å²) in [5, 5.41) is 0. The van der Waals surface area contributed by atoms with E-state index in [0.717, 1.165) is 23.8 Å². The standard InChI is InChI=1S/C10H19N3/c1-6-8-9(11)13(7(2)12-8)10(3,4)5/h6,11H2,1-5H3. The van der Waals surface area contributed by atoms with Gasteiger partial charge in [-0.05, 0) is 34.1 Å². The minimum absolute atomic E-state index is 0.0224. The second-order valence-corrected chi connectivity index (χ2v) is 4.35. The number of rotatable bonds is 1. The third-order valence-electron chi connectivity index (χ3n) is 2.16. The summed E-state index contributed by atoms with van der Waals surface area (Å²) in [5.74, 6) is 1.81. The first kappa shape index (κ1) is 10.1. The molecule has 0 amide bonds. The van der Waals surface area contributed by atoms with Crippen LogP contribution in [-0.4, -0.2) is 9.55 Å². The second-order valence-electron chi connectivity index (χ2n) is 4.35. The SMILES string of the molecule is CCc1nc(C)n(C(C)(C)C)c1N. The molecule has 0 saturated heterocycles. The largest absolute Gasteiger partial charge is 0.384 e. The molecule has 0 aliphatic heterocycles. The first-order chi connectivity index (χ1) is 5.88. The molecule has 1 rings (SSSR count). The van der Waals surface area contributed by atoms with Crippen molar-refractivity contribution in [1.82, 2.24) is 9.55 Å². The van der Waals surface area contributed by atoms with E-state index in [4.69, 9.17) is 5.73 Å². The van der Waals surface area contributed by atoms with Gasteiger partial charge in [0.1, 0.15) is 11.6 Å². The maximum Gasteiger partial charge on any atom is 0.127 e. The Balaban J connectivity index is 3.29. The highest BCUT2D eigenvalue weighted by Gasteiger charge is 2.20. The molecule has 0 radical (unpaired) electrons. The van der Waals surface area contributed by atoms with E-state index >= 15 is 0 Å². The van der Waals surface area contributed by atoms with Crippen LogP contribution in [0.4, 0.5) is 5.82 Å². The van der Waals surface area contributed by atoms with Gasteiger partial charge < -0.3 is 10.3 Å². The third kappa shape index (κ3) is 1.69. The van der Waals surface area contributed by atoms with Crippen molar-refractivity contribution in [3.05, 3.63) is 11.5 Å². The van der Waals surface area contributed by atoms with Gasteiger partial charge in [-0.15, -0.1) is 0 Å². The second kappa shape index (κ2) is 3.05. The monoisotopic (exact) mass is 181 g/mol. The Bertz CT molecular complexity index is 305. The van der Waals surface area contributed by atoms with Gasteiger partial charge in [-0.3, -0.25) is 0 Å². The Morgan fingerprint density at radius 2 is 1.92 bits per heavy atom. The molecule has 0 spiro atoms. The zero-order chi connectivity index (χ0) is 10.2. The molecule has 0 fully saturated rings. The van der Waals surface area contributed by atoms with Crippen LogP contribution >= 0.6 is 0 Å². The van der Waals surface area contributed by atoms with Crippen LogP contribution in [0.25, 0.3) is 0 Å². The fourth-order valence-electron chi connectivity index (χ4n) is 1.71. The Labute approximate surface area is 80.0 Å². The number of aromatic nitrogens is 2. The lowest BCUT2D eigenvalue weighted by Gasteiger charge is -2.24. The predicted octanol–water partition coefficient (Wildman–Crippen LogP) is 2.09. The maximum atomic E-state index is 6.00. The molecule has 13 heavy (non-hydrogen) atoms. The normalized spacial score (nSPS) is 12.1. The van der Waals surface area contributed by atoms with Gasteiger partial charge in [0, 0.05) is 5.54 Å². The minimum atomic E-state index is 0.0224. The smallest absolute Gasteiger partial charge is 0.127 e. The quantitative estimate of drug-likeness (QED) is 0.721. The molecule has 3 nitrogen and oxygen atoms in total. The summed E-state index contributed by atoms with van der Waals surface area (Å²) < 4.78 is 2.09. The lowest BCUT2D eigenvalue weighted by atomic mass is 10.1. The molecule has 0 atom stereocenters. The van der Waals surface area contributed by atoms with Crippen molar-refractivity contribution < 1.29 is 0 Å². The van der Waals surface area contributed by atoms with Gasteiger partial charge in [-0.1, -0.05) is 6.92 Å². The van der Waals surface area contributed by atoms with Crippen LogP contribution in [0, 0.1) is 6.92 Å². The molecule has 1 aromatic heterocycles. The Morgan fingerprint density at radius 3 is 2.15 bits per heavy atom. The van der Waals surface area contributed by atoms with Crippen molar-refractivity contribution in [3.63, 3.8) is 0 Å². The van der Waals surface area contributed by atoms with Crippen LogP contribution in [-0.2, 0) is 12.0 Å². The van der Waals surface area contributed by atoms with Crippen LogP contribution in [0.2, 0.25) is 0 Å². The van der Waals surface area contributed by atoms with Crippen LogP contribution in [0.3, 0.4) is 0 Å². The highest BCUT2D eigenvalue weighted by Crippen LogP contribution is 2.24. The number of hydrogen-bond acceptors (Lipinski definition) is 2. The number of nitrogen functional groups attached to an aromatic ring is 1. The van der Waals surface area contributed by atoms with Crippen molar-refractivity contribution in [2.75, 3.05) is 5.73 Å². The van der Waals surface area contributed by atoms with Gasteiger partial charge in [-0.25, -0.2) is 4.98 Å². The van der Waals surface area contributed by atoms with Crippen LogP contribution < -0.4 is 5.73 Å². The number of aryl methyl sites for hydroxylation is 2. The molecule has 0 unspecified atom stereocenters. The predicted molar refractivity (Wildman–Crippen MR) is 55.8 cm³/mol. The van der Waals surface area contributed by atoms with Crippen molar-refractivity contribution >= 4 is 5.82 Å². The summed E-state index contributed by atoms with van der Waals surface area (Å²) in [4.78, 5) is 4.43. The lowest BCUT2D eigenvalue weighted by Crippen LogP contribution is -2.24. The van der Waals surface area contributed by atoms with Gasteiger partial charge in [0.2, 0.25) is 0 Å². The molecule has 2 N–H and O–H groups in total. The third-order valence-corrected chi connectivity index (χ3v) is 2.16. The molecule has 74 valence electrons. The van der Waals surface area contributed by atoms with E-state index in [1.54, 1.807) is 0 Å². The van der Waals surface area contributed by atoms with Crippen LogP contribution in [0.1, 0.15) is 39.2 Å². The summed E-state index contributed by atoms with van der Waals surface area (Å²) in [6.45, 7) is 10.5. The van der Waals surface area contributed by atoms with Gasteiger partial charge in [0.05, 0.1) is 5.69 Å². The lowest BCUT2D eigenvalue weighted by molar-refractivity contribution is 0.393. The molecule has 0 bridgehead atoms. The number of imidazole rings is 1. The number of nitrogens with two attached hydrogens (primary N) is 1. The average Bonchev–Trinajstić information content (AvgIpc) is 2.24. The van der Waals surface area contributed by atoms with Gasteiger partial charge >= 0.3 is 0 Å². The summed E-state index contributed by atoms with van der Waals surface area (Å²) in [6, 6.07) is 0. The molecule has 0 saturated carbocycles. The summed E-state index contributed by atoms with van der Waals surface area (Å²) in [7, 11) is 0. The number of hydrogen-bond donors (Lipinski definition) is 1. The summed E-state index contributed by atoms with van der Waals surface area (Å²) in [6.07, 6.45) is 0.899. The molecule has 3 heteroatoms. The van der Waals surface area contributed by atoms with E-state index in [9.17, 15) is 0 Å². The molecule has 1 heterocycles. The van der Waals surface area contributed by atoms with Crippen molar-refractivity contribution in [2.24, 2.45) is 0 Å². The molecule has 0 aliphatic rings. The molecule has 0 aliphatic carbocycles. The van der Waals surface area contributed by atoms with Gasteiger partial charge in [0.25, 0.3) is 0 Å². The zero-order valence-electron chi connectivity index (χ0n) is 9.18. The van der Waals surface area contributed by atoms with Gasteiger partial charge in [0.15, 0.2) is 0 Å². The number of nitrogens with zero attached hydrogens (tertiary/aromatic N) is 2. The Kier molecular flexibility index (Phi) is 2.37. The first-order valence-corrected chi connectivity index (χ1v) is 4.72. The van der Waals surface area contributed by atoms with E-state index < -0.39 is 0 Å². The average molecular weight is 181 g/mol. The molecule has 0 aromatic carbocycles. The Morgan fingerprint density at radius 1 is 1.38 bits per heavy atom. The van der Waals surface area contributed by atoms with E-state index in [1.165, 1.54) is 0 Å². The highest BCUT2D eigenvalue weighted by molar-refractivity contribution is 5.39. The fourth-order valence-corrected chi connectivity index (χ4v) is 1.71. The number of anilines is 1. The van der Waals surface area contributed by atoms with E-state index in [0.29, 0.717) is 0 Å². The van der Waals surface area contributed by atoms with E-state index in [1.807, 2.05) is 6.92 Å². The molecule has 1 aromatic rings. The van der Waals surface area contributed by atoms with Crippen molar-refractivity contribution in [1.29, 1.82) is 0 Å². The van der Waals surface area contributed by atoms with Crippen molar-refractivity contribution in [3.8, 4) is 0 Å². The zero-order valence-corrected chi connectivity index (χ0v) is 9.18. The topological polar surface area (TPSA) is 43.8 Å². The van der Waals surface area contributed by atoms with E-state index in [2.05, 4.69) is 37.2 Å². The van der Waals surface area contributed by atoms with Crippen molar-refractivity contribution in [2.45, 2.75) is 46.6 Å². The maximum absolute atomic E-state index is 6.00. The molecular formula is C10H19N3. The van der Waals surface area contributed by atoms with Crippen LogP contribution in [0.15, 0.2) is 0 Å². The molecular weight excluding hydrogens is 162 g/mol. The minimum Gasteiger partial charge on any atom is -0.384 e. The highest BCUT2D eigenvalue weighted by atomic mass is 15.2. The first-order valence-electron chi connectivity index (χ1n) is 4.72. The summed E-state index contributed by atoms with van der Waals surface area (Å²) >= 11 is 0. The van der Waals surface area contributed by atoms with Crippen LogP contribution in [0.5, 0.6) is 0 Å². The summed E-state index contributed by atoms with van der Waals surface area (Å²) in [5.41, 5.74) is 7.03. The van der Waals surface area contributed by atoms with Gasteiger partial charge in [-0.2, -0.15) is 0 Å². The van der Waals surface area contributed by atoms with E-state index in [-0.39, 0.29) is 5.54 Å². The fraction of sp³-hybridized carbons (Fsp3) is 0.700.